The van der Waals surface area contributed by atoms with Crippen LogP contribution in [-0.2, 0) is 4.65 Å². The number of nitrogens with one attached hydrogen (secondary N) is 1. The molecule has 0 aromatic heterocycles. The highest BCUT2D eigenvalue weighted by atomic mass is 16.4. The Kier molecular flexibility index (Phi) is 4.82. The van der Waals surface area contributed by atoms with Crippen molar-refractivity contribution in [2.45, 2.75) is 12.5 Å². The van der Waals surface area contributed by atoms with E-state index in [0.717, 1.165) is 19.5 Å². The summed E-state index contributed by atoms with van der Waals surface area (Å²) in [6.07, 6.45) is 0.888. The lowest BCUT2D eigenvalue weighted by Gasteiger charge is -2.18. The second kappa shape index (κ2) is 6.60. The number of primary amides is 1. The molecule has 1 saturated heterocycles. The topological polar surface area (TPSA) is 105 Å². The Hall–Kier alpha value is -2.06. The second-order valence-corrected chi connectivity index (χ2v) is 5.05. The first-order valence-corrected chi connectivity index (χ1v) is 6.66. The third kappa shape index (κ3) is 3.74. The molecule has 8 heteroatoms. The molecule has 1 fully saturated rings. The minimum Gasteiger partial charge on any atom is -0.478 e. The number of benzene rings is 1. The highest BCUT2D eigenvalue weighted by molar-refractivity contribution is 6.23. The number of carbonyl (C=O) groups excluding carboxylic acids is 1. The summed E-state index contributed by atoms with van der Waals surface area (Å²) in [6, 6.07) is 4.39. The SMILES string of the molecule is COBN1CCC(Nc2cc(C(=O)O)ccc2C(N)=O)C1. The zero-order valence-corrected chi connectivity index (χ0v) is 11.8. The van der Waals surface area contributed by atoms with E-state index in [-0.39, 0.29) is 11.6 Å². The van der Waals surface area contributed by atoms with Crippen molar-refractivity contribution in [1.29, 1.82) is 0 Å². The van der Waals surface area contributed by atoms with Gasteiger partial charge in [0.25, 0.3) is 5.91 Å². The summed E-state index contributed by atoms with van der Waals surface area (Å²) in [6.45, 7) is 1.65. The summed E-state index contributed by atoms with van der Waals surface area (Å²) in [5.41, 5.74) is 6.21. The number of amides is 1. The lowest BCUT2D eigenvalue weighted by Crippen LogP contribution is -2.30. The fraction of sp³-hybridized carbons (Fsp3) is 0.385. The Morgan fingerprint density at radius 2 is 2.29 bits per heavy atom. The van der Waals surface area contributed by atoms with Gasteiger partial charge in [0.1, 0.15) is 0 Å². The van der Waals surface area contributed by atoms with Gasteiger partial charge >= 0.3 is 13.6 Å². The maximum Gasteiger partial charge on any atom is 0.363 e. The number of nitrogens with two attached hydrogens (primary N) is 1. The highest BCUT2D eigenvalue weighted by Gasteiger charge is 2.24. The first kappa shape index (κ1) is 15.3. The van der Waals surface area contributed by atoms with Crippen LogP contribution in [0.3, 0.4) is 0 Å². The lowest BCUT2D eigenvalue weighted by molar-refractivity contribution is 0.0696. The van der Waals surface area contributed by atoms with Gasteiger partial charge in [-0.3, -0.25) is 4.79 Å². The second-order valence-electron chi connectivity index (χ2n) is 5.05. The van der Waals surface area contributed by atoms with Crippen LogP contribution in [0.25, 0.3) is 0 Å². The van der Waals surface area contributed by atoms with Gasteiger partial charge in [-0.1, -0.05) is 0 Å². The third-order valence-corrected chi connectivity index (χ3v) is 3.48. The number of hydrogen-bond donors (Lipinski definition) is 3. The smallest absolute Gasteiger partial charge is 0.363 e. The number of carboxylic acids is 1. The van der Waals surface area contributed by atoms with E-state index in [1.807, 2.05) is 0 Å². The Morgan fingerprint density at radius 3 is 2.90 bits per heavy atom. The van der Waals surface area contributed by atoms with Crippen molar-refractivity contribution in [1.82, 2.24) is 4.81 Å². The van der Waals surface area contributed by atoms with Gasteiger partial charge in [0.05, 0.1) is 11.1 Å². The quantitative estimate of drug-likeness (QED) is 0.631. The zero-order valence-electron chi connectivity index (χ0n) is 11.8. The average Bonchev–Trinajstić information content (AvgIpc) is 2.86. The van der Waals surface area contributed by atoms with Crippen LogP contribution in [0.4, 0.5) is 5.69 Å². The van der Waals surface area contributed by atoms with E-state index in [2.05, 4.69) is 10.1 Å². The highest BCUT2D eigenvalue weighted by Crippen LogP contribution is 2.21. The molecule has 0 bridgehead atoms. The molecular formula is C13H18BN3O4. The van der Waals surface area contributed by atoms with E-state index in [1.54, 1.807) is 7.11 Å². The minimum atomic E-state index is -1.04. The molecule has 4 N–H and O–H groups in total. The van der Waals surface area contributed by atoms with Gasteiger partial charge in [0.15, 0.2) is 0 Å². The average molecular weight is 291 g/mol. The predicted octanol–water partition coefficient (Wildman–Crippen LogP) is -0.117. The van der Waals surface area contributed by atoms with Crippen molar-refractivity contribution in [3.05, 3.63) is 29.3 Å². The Morgan fingerprint density at radius 1 is 1.52 bits per heavy atom. The molecule has 112 valence electrons. The molecule has 1 aromatic carbocycles. The van der Waals surface area contributed by atoms with Crippen LogP contribution in [0.5, 0.6) is 0 Å². The molecule has 2 rings (SSSR count). The molecule has 0 saturated carbocycles. The van der Waals surface area contributed by atoms with Crippen LogP contribution >= 0.6 is 0 Å². The molecular weight excluding hydrogens is 273 g/mol. The van der Waals surface area contributed by atoms with Crippen LogP contribution in [0.15, 0.2) is 18.2 Å². The Balaban J connectivity index is 2.16. The summed E-state index contributed by atoms with van der Waals surface area (Å²) in [5, 5.41) is 12.3. The molecule has 0 radical (unpaired) electrons. The Bertz CT molecular complexity index is 552. The molecule has 1 unspecified atom stereocenters. The maximum atomic E-state index is 11.4. The van der Waals surface area contributed by atoms with E-state index >= 15 is 0 Å². The van der Waals surface area contributed by atoms with Crippen molar-refractivity contribution in [2.75, 3.05) is 25.5 Å². The van der Waals surface area contributed by atoms with Crippen molar-refractivity contribution < 1.29 is 19.3 Å². The molecule has 1 heterocycles. The number of carboxylic acid groups (broad SMARTS) is 1. The molecule has 0 spiro atoms. The van der Waals surface area contributed by atoms with Crippen molar-refractivity contribution in [3.8, 4) is 0 Å². The number of anilines is 1. The van der Waals surface area contributed by atoms with Crippen molar-refractivity contribution >= 4 is 25.2 Å². The zero-order chi connectivity index (χ0) is 15.4. The van der Waals surface area contributed by atoms with E-state index in [4.69, 9.17) is 15.5 Å². The van der Waals surface area contributed by atoms with Crippen LogP contribution < -0.4 is 11.1 Å². The van der Waals surface area contributed by atoms with E-state index in [1.165, 1.54) is 18.2 Å². The summed E-state index contributed by atoms with van der Waals surface area (Å²) in [5.74, 6) is -1.62. The number of carbonyl (C=O) groups is 2. The first-order chi connectivity index (χ1) is 10.0. The summed E-state index contributed by atoms with van der Waals surface area (Å²) in [4.78, 5) is 24.6. The Labute approximate surface area is 123 Å². The van der Waals surface area contributed by atoms with Crippen LogP contribution in [0.1, 0.15) is 27.1 Å². The number of hydrogen-bond acceptors (Lipinski definition) is 5. The molecule has 1 aromatic rings. The monoisotopic (exact) mass is 291 g/mol. The van der Waals surface area contributed by atoms with E-state index < -0.39 is 11.9 Å². The van der Waals surface area contributed by atoms with Crippen LogP contribution in [0, 0.1) is 0 Å². The lowest BCUT2D eigenvalue weighted by atomic mass is 10.1. The summed E-state index contributed by atoms with van der Waals surface area (Å²) < 4.78 is 5.08. The fourth-order valence-corrected chi connectivity index (χ4v) is 2.48. The number of nitrogens with zero attached hydrogens (tertiary/aromatic N) is 1. The number of rotatable bonds is 6. The molecule has 7 nitrogen and oxygen atoms in total. The van der Waals surface area contributed by atoms with Crippen LogP contribution in [0.2, 0.25) is 0 Å². The third-order valence-electron chi connectivity index (χ3n) is 3.48. The first-order valence-electron chi connectivity index (χ1n) is 6.66. The standard InChI is InChI=1S/C13H18BN3O4/c1-21-14-17-5-4-9(7-17)16-11-6-8(13(19)20)2-3-10(11)12(15)18/h2-3,6,9,14,16H,4-5,7H2,1H3,(H2,15,18)(H,19,20). The van der Waals surface area contributed by atoms with E-state index in [0.29, 0.717) is 18.9 Å². The summed E-state index contributed by atoms with van der Waals surface area (Å²) >= 11 is 0. The van der Waals surface area contributed by atoms with Gasteiger partial charge in [-0.25, -0.2) is 4.79 Å². The molecule has 0 aliphatic carbocycles. The van der Waals surface area contributed by atoms with Gasteiger partial charge in [0, 0.05) is 25.4 Å². The molecule has 1 atom stereocenters. The van der Waals surface area contributed by atoms with Gasteiger partial charge in [-0.2, -0.15) is 0 Å². The molecule has 1 aliphatic rings. The van der Waals surface area contributed by atoms with Gasteiger partial charge < -0.3 is 25.6 Å². The predicted molar refractivity (Wildman–Crippen MR) is 79.7 cm³/mol. The van der Waals surface area contributed by atoms with Crippen LogP contribution in [-0.4, -0.2) is 55.7 Å². The van der Waals surface area contributed by atoms with Crippen molar-refractivity contribution in [3.63, 3.8) is 0 Å². The summed E-state index contributed by atoms with van der Waals surface area (Å²) in [7, 11) is 2.19. The largest absolute Gasteiger partial charge is 0.478 e. The van der Waals surface area contributed by atoms with Crippen molar-refractivity contribution in [2.24, 2.45) is 5.73 Å². The van der Waals surface area contributed by atoms with Gasteiger partial charge in [-0.15, -0.1) is 0 Å². The van der Waals surface area contributed by atoms with Gasteiger partial charge in [0.2, 0.25) is 0 Å². The number of aromatic carboxylic acids is 1. The molecule has 1 amide bonds. The van der Waals surface area contributed by atoms with Gasteiger partial charge in [-0.05, 0) is 31.2 Å². The minimum absolute atomic E-state index is 0.120. The fourth-order valence-electron chi connectivity index (χ4n) is 2.48. The molecule has 1 aliphatic heterocycles. The maximum absolute atomic E-state index is 11.4. The molecule has 21 heavy (non-hydrogen) atoms. The van der Waals surface area contributed by atoms with E-state index in [9.17, 15) is 9.59 Å². The normalized spacial score (nSPS) is 18.4.